The fourth-order valence-corrected chi connectivity index (χ4v) is 1.88. The van der Waals surface area contributed by atoms with Gasteiger partial charge in [-0.3, -0.25) is 9.36 Å². The Kier molecular flexibility index (Phi) is 3.78. The molecule has 0 saturated carbocycles. The molecule has 0 fully saturated rings. The van der Waals surface area contributed by atoms with E-state index < -0.39 is 0 Å². The summed E-state index contributed by atoms with van der Waals surface area (Å²) in [6, 6.07) is 5.18. The highest BCUT2D eigenvalue weighted by molar-refractivity contribution is 6.01. The first-order valence-electron chi connectivity index (χ1n) is 6.57. The Labute approximate surface area is 126 Å². The monoisotopic (exact) mass is 295 g/mol. The molecule has 0 unspecified atom stereocenters. The number of hydrogen-bond donors (Lipinski definition) is 1. The molecule has 1 amide bonds. The van der Waals surface area contributed by atoms with Crippen molar-refractivity contribution in [3.05, 3.63) is 60.8 Å². The van der Waals surface area contributed by atoms with Crippen molar-refractivity contribution in [1.82, 2.24) is 19.5 Å². The van der Waals surface area contributed by atoms with Gasteiger partial charge in [0, 0.05) is 24.5 Å². The maximum absolute atomic E-state index is 11.9. The summed E-state index contributed by atoms with van der Waals surface area (Å²) in [5.74, 6) is 2.15. The van der Waals surface area contributed by atoms with Crippen LogP contribution in [0.2, 0.25) is 0 Å². The third-order valence-electron chi connectivity index (χ3n) is 2.92. The predicted molar refractivity (Wildman–Crippen MR) is 80.3 cm³/mol. The zero-order valence-electron chi connectivity index (χ0n) is 11.8. The van der Waals surface area contributed by atoms with E-state index in [0.29, 0.717) is 17.4 Å². The van der Waals surface area contributed by atoms with E-state index in [-0.39, 0.29) is 5.91 Å². The number of nitrogens with one attached hydrogen (secondary N) is 1. The molecule has 0 aliphatic rings. The van der Waals surface area contributed by atoms with E-state index in [1.807, 2.05) is 6.92 Å². The highest BCUT2D eigenvalue weighted by Crippen LogP contribution is 2.11. The van der Waals surface area contributed by atoms with Gasteiger partial charge in [0.1, 0.15) is 29.5 Å². The lowest BCUT2D eigenvalue weighted by Crippen LogP contribution is -2.10. The van der Waals surface area contributed by atoms with Crippen molar-refractivity contribution in [3.63, 3.8) is 0 Å². The molecule has 0 saturated heterocycles. The molecule has 7 heteroatoms. The first kappa shape index (κ1) is 13.7. The summed E-state index contributed by atoms with van der Waals surface area (Å²) in [7, 11) is 0. The maximum Gasteiger partial charge on any atom is 0.249 e. The summed E-state index contributed by atoms with van der Waals surface area (Å²) in [4.78, 5) is 24.2. The Bertz CT molecular complexity index is 805. The normalized spacial score (nSPS) is 11.0. The van der Waals surface area contributed by atoms with Crippen molar-refractivity contribution in [2.45, 2.75) is 6.92 Å². The number of nitrogens with zero attached hydrogens (tertiary/aromatic N) is 4. The second-order valence-electron chi connectivity index (χ2n) is 4.44. The van der Waals surface area contributed by atoms with Crippen LogP contribution in [0, 0.1) is 6.92 Å². The number of carbonyl (C=O) groups excluding carboxylic acids is 1. The van der Waals surface area contributed by atoms with E-state index in [9.17, 15) is 4.79 Å². The lowest BCUT2D eigenvalue weighted by Gasteiger charge is -2.06. The molecule has 1 N–H and O–H groups in total. The van der Waals surface area contributed by atoms with Crippen LogP contribution in [0.15, 0.2) is 53.7 Å². The molecule has 0 atom stereocenters. The SMILES string of the molecule is Cc1nccn1-c1cc(NC(=O)/C=C/c2ccco2)ncn1. The Morgan fingerprint density at radius 1 is 1.36 bits per heavy atom. The molecule has 110 valence electrons. The fraction of sp³-hybridized carbons (Fsp3) is 0.0667. The first-order valence-corrected chi connectivity index (χ1v) is 6.57. The van der Waals surface area contributed by atoms with Crippen molar-refractivity contribution < 1.29 is 9.21 Å². The number of amides is 1. The zero-order chi connectivity index (χ0) is 15.4. The molecule has 7 nitrogen and oxygen atoms in total. The van der Waals surface area contributed by atoms with E-state index in [0.717, 1.165) is 5.82 Å². The molecule has 3 aromatic heterocycles. The lowest BCUT2D eigenvalue weighted by molar-refractivity contribution is -0.111. The number of hydrogen-bond acceptors (Lipinski definition) is 5. The molecule has 22 heavy (non-hydrogen) atoms. The molecule has 3 aromatic rings. The summed E-state index contributed by atoms with van der Waals surface area (Å²) >= 11 is 0. The molecule has 0 aliphatic carbocycles. The van der Waals surface area contributed by atoms with Gasteiger partial charge in [0.25, 0.3) is 0 Å². The fourth-order valence-electron chi connectivity index (χ4n) is 1.88. The Morgan fingerprint density at radius 2 is 2.27 bits per heavy atom. The number of furan rings is 1. The van der Waals surface area contributed by atoms with Crippen LogP contribution in [-0.2, 0) is 4.79 Å². The minimum atomic E-state index is -0.302. The molecular formula is C15H13N5O2. The van der Waals surface area contributed by atoms with Crippen molar-refractivity contribution in [2.24, 2.45) is 0 Å². The Morgan fingerprint density at radius 3 is 3.00 bits per heavy atom. The van der Waals surface area contributed by atoms with Gasteiger partial charge in [0.2, 0.25) is 5.91 Å². The summed E-state index contributed by atoms with van der Waals surface area (Å²) in [5, 5.41) is 2.67. The summed E-state index contributed by atoms with van der Waals surface area (Å²) in [6.07, 6.45) is 9.37. The average molecular weight is 295 g/mol. The number of anilines is 1. The number of aryl methyl sites for hydroxylation is 1. The minimum absolute atomic E-state index is 0.302. The van der Waals surface area contributed by atoms with E-state index in [4.69, 9.17) is 4.42 Å². The molecule has 3 heterocycles. The molecular weight excluding hydrogens is 282 g/mol. The maximum atomic E-state index is 11.9. The van der Waals surface area contributed by atoms with Crippen LogP contribution in [0.25, 0.3) is 11.9 Å². The van der Waals surface area contributed by atoms with Crippen molar-refractivity contribution in [1.29, 1.82) is 0 Å². The van der Waals surface area contributed by atoms with Crippen LogP contribution >= 0.6 is 0 Å². The third-order valence-corrected chi connectivity index (χ3v) is 2.92. The summed E-state index contributed by atoms with van der Waals surface area (Å²) < 4.78 is 6.91. The average Bonchev–Trinajstić information content (AvgIpc) is 3.16. The van der Waals surface area contributed by atoms with Crippen molar-refractivity contribution >= 4 is 17.8 Å². The van der Waals surface area contributed by atoms with E-state index in [1.54, 1.807) is 47.5 Å². The molecule has 0 spiro atoms. The van der Waals surface area contributed by atoms with Gasteiger partial charge >= 0.3 is 0 Å². The standard InChI is InChI=1S/C15H13N5O2/c1-11-16-6-7-20(11)14-9-13(17-10-18-14)19-15(21)5-4-12-3-2-8-22-12/h2-10H,1H3,(H,17,18,19,21)/b5-4+. The van der Waals surface area contributed by atoms with Gasteiger partial charge in [0.05, 0.1) is 6.26 Å². The van der Waals surface area contributed by atoms with Crippen LogP contribution in [0.3, 0.4) is 0 Å². The predicted octanol–water partition coefficient (Wildman–Crippen LogP) is 2.22. The molecule has 0 aromatic carbocycles. The van der Waals surface area contributed by atoms with Crippen LogP contribution in [0.4, 0.5) is 5.82 Å². The summed E-state index contributed by atoms with van der Waals surface area (Å²) in [5.41, 5.74) is 0. The van der Waals surface area contributed by atoms with Crippen LogP contribution in [0.5, 0.6) is 0 Å². The van der Waals surface area contributed by atoms with Gasteiger partial charge in [-0.2, -0.15) is 0 Å². The number of imidazole rings is 1. The van der Waals surface area contributed by atoms with Gasteiger partial charge in [-0.05, 0) is 25.1 Å². The minimum Gasteiger partial charge on any atom is -0.465 e. The lowest BCUT2D eigenvalue weighted by atomic mass is 10.4. The first-order chi connectivity index (χ1) is 10.7. The Hall–Kier alpha value is -3.22. The Balaban J connectivity index is 1.73. The zero-order valence-corrected chi connectivity index (χ0v) is 11.8. The number of aromatic nitrogens is 4. The smallest absolute Gasteiger partial charge is 0.249 e. The molecule has 0 radical (unpaired) electrons. The second-order valence-corrected chi connectivity index (χ2v) is 4.44. The van der Waals surface area contributed by atoms with Gasteiger partial charge in [-0.1, -0.05) is 0 Å². The van der Waals surface area contributed by atoms with Gasteiger partial charge in [-0.15, -0.1) is 0 Å². The number of carbonyl (C=O) groups is 1. The largest absolute Gasteiger partial charge is 0.465 e. The molecule has 0 aliphatic heterocycles. The van der Waals surface area contributed by atoms with Gasteiger partial charge in [-0.25, -0.2) is 15.0 Å². The quantitative estimate of drug-likeness (QED) is 0.746. The highest BCUT2D eigenvalue weighted by Gasteiger charge is 2.05. The summed E-state index contributed by atoms with van der Waals surface area (Å²) in [6.45, 7) is 1.87. The molecule has 3 rings (SSSR count). The van der Waals surface area contributed by atoms with E-state index in [2.05, 4.69) is 20.3 Å². The molecule has 0 bridgehead atoms. The second kappa shape index (κ2) is 6.04. The van der Waals surface area contributed by atoms with Gasteiger partial charge < -0.3 is 9.73 Å². The third kappa shape index (κ3) is 3.09. The topological polar surface area (TPSA) is 85.8 Å². The van der Waals surface area contributed by atoms with Gasteiger partial charge in [0.15, 0.2) is 0 Å². The van der Waals surface area contributed by atoms with Crippen molar-refractivity contribution in [2.75, 3.05) is 5.32 Å². The van der Waals surface area contributed by atoms with E-state index >= 15 is 0 Å². The van der Waals surface area contributed by atoms with Crippen molar-refractivity contribution in [3.8, 4) is 5.82 Å². The van der Waals surface area contributed by atoms with Crippen LogP contribution in [-0.4, -0.2) is 25.4 Å². The highest BCUT2D eigenvalue weighted by atomic mass is 16.3. The van der Waals surface area contributed by atoms with Crippen LogP contribution < -0.4 is 5.32 Å². The number of rotatable bonds is 4. The van der Waals surface area contributed by atoms with E-state index in [1.165, 1.54) is 12.4 Å². The van der Waals surface area contributed by atoms with Crippen LogP contribution in [0.1, 0.15) is 11.6 Å².